The van der Waals surface area contributed by atoms with Crippen LogP contribution in [0.15, 0.2) is 5.70 Å². The smallest absolute Gasteiger partial charge is 0.149 e. The van der Waals surface area contributed by atoms with Gasteiger partial charge in [0, 0.05) is 13.1 Å². The Bertz CT molecular complexity index is 200. The van der Waals surface area contributed by atoms with Crippen molar-refractivity contribution in [1.82, 2.24) is 10.4 Å². The molecule has 74 valence electrons. The van der Waals surface area contributed by atoms with E-state index in [0.717, 1.165) is 25.9 Å². The highest BCUT2D eigenvalue weighted by Crippen LogP contribution is 2.05. The van der Waals surface area contributed by atoms with Gasteiger partial charge in [0.2, 0.25) is 0 Å². The number of unbranched alkanes of at least 4 members (excludes halogenated alkanes) is 1. The lowest BCUT2D eigenvalue weighted by Crippen LogP contribution is -2.42. The van der Waals surface area contributed by atoms with Crippen LogP contribution in [0.2, 0.25) is 0 Å². The van der Waals surface area contributed by atoms with E-state index in [4.69, 9.17) is 4.84 Å². The molecule has 1 aliphatic heterocycles. The largest absolute Gasteiger partial charge is 0.309 e. The van der Waals surface area contributed by atoms with Gasteiger partial charge in [0.05, 0.1) is 13.2 Å². The van der Waals surface area contributed by atoms with Gasteiger partial charge in [0.25, 0.3) is 0 Å². The van der Waals surface area contributed by atoms with Crippen LogP contribution in [0.5, 0.6) is 0 Å². The van der Waals surface area contributed by atoms with Gasteiger partial charge in [-0.05, 0) is 6.42 Å². The summed E-state index contributed by atoms with van der Waals surface area (Å²) in [4.78, 5) is 15.9. The number of nitrogens with one attached hydrogen (secondary N) is 1. The standard InChI is InChI=1S/C9H16N2O2/c1-2-3-6-13-11-5-4-10-7-9(11)8-12/h10H,2-7H2,1H3. The first kappa shape index (κ1) is 10.3. The molecule has 1 aliphatic rings. The first-order valence-electron chi connectivity index (χ1n) is 4.73. The van der Waals surface area contributed by atoms with E-state index in [1.165, 1.54) is 0 Å². The van der Waals surface area contributed by atoms with Crippen LogP contribution in [0.3, 0.4) is 0 Å². The fourth-order valence-electron chi connectivity index (χ4n) is 1.16. The minimum absolute atomic E-state index is 0.565. The molecule has 1 fully saturated rings. The molecule has 0 spiro atoms. The lowest BCUT2D eigenvalue weighted by atomic mass is 10.3. The summed E-state index contributed by atoms with van der Waals surface area (Å²) >= 11 is 0. The number of hydrogen-bond donors (Lipinski definition) is 1. The van der Waals surface area contributed by atoms with Gasteiger partial charge in [-0.1, -0.05) is 13.3 Å². The van der Waals surface area contributed by atoms with Gasteiger partial charge in [-0.25, -0.2) is 9.86 Å². The number of hydrogen-bond acceptors (Lipinski definition) is 4. The first-order chi connectivity index (χ1) is 6.38. The molecule has 13 heavy (non-hydrogen) atoms. The van der Waals surface area contributed by atoms with E-state index in [1.54, 1.807) is 5.06 Å². The highest BCUT2D eigenvalue weighted by molar-refractivity contribution is 5.52. The zero-order valence-corrected chi connectivity index (χ0v) is 8.01. The predicted molar refractivity (Wildman–Crippen MR) is 49.6 cm³/mol. The summed E-state index contributed by atoms with van der Waals surface area (Å²) in [6.07, 6.45) is 2.13. The van der Waals surface area contributed by atoms with Crippen molar-refractivity contribution in [3.05, 3.63) is 5.70 Å². The van der Waals surface area contributed by atoms with Crippen molar-refractivity contribution in [2.75, 3.05) is 26.2 Å². The van der Waals surface area contributed by atoms with Gasteiger partial charge in [-0.2, -0.15) is 0 Å². The zero-order chi connectivity index (χ0) is 9.52. The van der Waals surface area contributed by atoms with Gasteiger partial charge < -0.3 is 5.32 Å². The molecule has 4 heteroatoms. The zero-order valence-electron chi connectivity index (χ0n) is 8.01. The Balaban J connectivity index is 2.32. The molecular weight excluding hydrogens is 168 g/mol. The van der Waals surface area contributed by atoms with E-state index in [0.29, 0.717) is 18.8 Å². The molecule has 0 aliphatic carbocycles. The Hall–Kier alpha value is -0.830. The second-order valence-electron chi connectivity index (χ2n) is 3.01. The molecule has 0 saturated carbocycles. The average Bonchev–Trinajstić information content (AvgIpc) is 2.19. The molecule has 0 radical (unpaired) electrons. The fraction of sp³-hybridized carbons (Fsp3) is 0.778. The van der Waals surface area contributed by atoms with Crippen molar-refractivity contribution in [2.24, 2.45) is 0 Å². The molecule has 1 heterocycles. The first-order valence-corrected chi connectivity index (χ1v) is 4.73. The molecule has 0 aromatic rings. The highest BCUT2D eigenvalue weighted by atomic mass is 16.7. The molecule has 4 nitrogen and oxygen atoms in total. The molecule has 0 atom stereocenters. The maximum Gasteiger partial charge on any atom is 0.149 e. The maximum absolute atomic E-state index is 10.5. The Morgan fingerprint density at radius 1 is 1.69 bits per heavy atom. The van der Waals surface area contributed by atoms with Crippen molar-refractivity contribution in [3.63, 3.8) is 0 Å². The predicted octanol–water partition coefficient (Wildman–Crippen LogP) is 0.339. The van der Waals surface area contributed by atoms with E-state index in [-0.39, 0.29) is 0 Å². The van der Waals surface area contributed by atoms with Crippen LogP contribution in [-0.4, -0.2) is 37.2 Å². The third-order valence-electron chi connectivity index (χ3n) is 1.95. The van der Waals surface area contributed by atoms with Crippen molar-refractivity contribution < 1.29 is 9.63 Å². The second kappa shape index (κ2) is 5.75. The summed E-state index contributed by atoms with van der Waals surface area (Å²) in [6.45, 7) is 4.94. The molecule has 1 rings (SSSR count). The SMILES string of the molecule is CCCCON1CCNCC1=C=O. The van der Waals surface area contributed by atoms with Crippen LogP contribution >= 0.6 is 0 Å². The summed E-state index contributed by atoms with van der Waals surface area (Å²) in [5.41, 5.74) is 0.572. The number of hydroxylamine groups is 2. The Morgan fingerprint density at radius 2 is 2.54 bits per heavy atom. The normalized spacial score (nSPS) is 17.3. The van der Waals surface area contributed by atoms with Gasteiger partial charge in [0.15, 0.2) is 0 Å². The molecular formula is C9H16N2O2. The molecule has 0 amide bonds. The van der Waals surface area contributed by atoms with Gasteiger partial charge in [0.1, 0.15) is 11.6 Å². The number of rotatable bonds is 4. The van der Waals surface area contributed by atoms with Gasteiger partial charge in [-0.15, -0.1) is 0 Å². The maximum atomic E-state index is 10.5. The number of nitrogens with zero attached hydrogens (tertiary/aromatic N) is 1. The van der Waals surface area contributed by atoms with E-state index in [2.05, 4.69) is 12.2 Å². The van der Waals surface area contributed by atoms with E-state index < -0.39 is 0 Å². The minimum atomic E-state index is 0.565. The summed E-state index contributed by atoms with van der Waals surface area (Å²) in [6, 6.07) is 0. The minimum Gasteiger partial charge on any atom is -0.309 e. The van der Waals surface area contributed by atoms with Crippen LogP contribution in [-0.2, 0) is 9.63 Å². The number of piperazine rings is 1. The summed E-state index contributed by atoms with van der Waals surface area (Å²) in [7, 11) is 0. The van der Waals surface area contributed by atoms with E-state index >= 15 is 0 Å². The Labute approximate surface area is 78.5 Å². The third kappa shape index (κ3) is 3.19. The number of carbonyl (C=O) groups excluding carboxylic acids is 1. The molecule has 0 aromatic heterocycles. The van der Waals surface area contributed by atoms with Crippen LogP contribution in [0.4, 0.5) is 0 Å². The highest BCUT2D eigenvalue weighted by Gasteiger charge is 2.15. The topological polar surface area (TPSA) is 41.6 Å². The van der Waals surface area contributed by atoms with Crippen LogP contribution in [0, 0.1) is 0 Å². The average molecular weight is 184 g/mol. The molecule has 1 N–H and O–H groups in total. The third-order valence-corrected chi connectivity index (χ3v) is 1.95. The van der Waals surface area contributed by atoms with Crippen LogP contribution in [0.1, 0.15) is 19.8 Å². The van der Waals surface area contributed by atoms with Crippen LogP contribution < -0.4 is 5.32 Å². The van der Waals surface area contributed by atoms with E-state index in [9.17, 15) is 4.79 Å². The lowest BCUT2D eigenvalue weighted by Gasteiger charge is -2.28. The quantitative estimate of drug-likeness (QED) is 0.505. The summed E-state index contributed by atoms with van der Waals surface area (Å²) < 4.78 is 0. The van der Waals surface area contributed by atoms with Crippen molar-refractivity contribution in [2.45, 2.75) is 19.8 Å². The van der Waals surface area contributed by atoms with Crippen LogP contribution in [0.25, 0.3) is 0 Å². The van der Waals surface area contributed by atoms with Crippen molar-refractivity contribution in [1.29, 1.82) is 0 Å². The van der Waals surface area contributed by atoms with E-state index in [1.807, 2.05) is 5.94 Å². The Morgan fingerprint density at radius 3 is 3.23 bits per heavy atom. The molecule has 0 bridgehead atoms. The molecule has 0 unspecified atom stereocenters. The van der Waals surface area contributed by atoms with Gasteiger partial charge in [-0.3, -0.25) is 4.84 Å². The Kier molecular flexibility index (Phi) is 4.54. The van der Waals surface area contributed by atoms with Gasteiger partial charge >= 0.3 is 0 Å². The molecule has 0 aromatic carbocycles. The summed E-state index contributed by atoms with van der Waals surface area (Å²) in [5, 5.41) is 4.74. The monoisotopic (exact) mass is 184 g/mol. The van der Waals surface area contributed by atoms with Crippen molar-refractivity contribution >= 4 is 5.94 Å². The van der Waals surface area contributed by atoms with Crippen molar-refractivity contribution in [3.8, 4) is 0 Å². The molecule has 1 saturated heterocycles. The second-order valence-corrected chi connectivity index (χ2v) is 3.01. The fourth-order valence-corrected chi connectivity index (χ4v) is 1.16. The lowest BCUT2D eigenvalue weighted by molar-refractivity contribution is -0.137. The summed E-state index contributed by atoms with van der Waals surface area (Å²) in [5.74, 6) is 1.89.